The highest BCUT2D eigenvalue weighted by atomic mass is 19.4. The van der Waals surface area contributed by atoms with Crippen molar-refractivity contribution < 1.29 is 37.4 Å². The van der Waals surface area contributed by atoms with Crippen molar-refractivity contribution in [3.05, 3.63) is 30.1 Å². The van der Waals surface area contributed by atoms with Crippen LogP contribution in [0.1, 0.15) is 31.4 Å². The van der Waals surface area contributed by atoms with Crippen molar-refractivity contribution in [2.24, 2.45) is 11.8 Å². The van der Waals surface area contributed by atoms with Gasteiger partial charge in [-0.15, -0.1) is 0 Å². The van der Waals surface area contributed by atoms with Gasteiger partial charge in [0.25, 0.3) is 5.91 Å². The van der Waals surface area contributed by atoms with Crippen LogP contribution in [0.5, 0.6) is 0 Å². The number of halogens is 3. The molecule has 178 valence electrons. The first-order chi connectivity index (χ1) is 15.2. The fraction of sp³-hybridized carbons (Fsp3) is 0.667. The van der Waals surface area contributed by atoms with Gasteiger partial charge in [-0.3, -0.25) is 19.5 Å². The molecule has 3 saturated heterocycles. The highest BCUT2D eigenvalue weighted by Crippen LogP contribution is 2.33. The lowest BCUT2D eigenvalue weighted by Crippen LogP contribution is -2.51. The number of hydrogen-bond acceptors (Lipinski definition) is 6. The van der Waals surface area contributed by atoms with E-state index >= 15 is 0 Å². The molecule has 32 heavy (non-hydrogen) atoms. The molecule has 3 atom stereocenters. The van der Waals surface area contributed by atoms with Crippen molar-refractivity contribution >= 4 is 11.9 Å². The second kappa shape index (κ2) is 11.1. The van der Waals surface area contributed by atoms with E-state index in [1.54, 1.807) is 5.06 Å². The zero-order chi connectivity index (χ0) is 23.1. The SMILES string of the molecule is O=C(O)C(F)(F)F.O=C([C@H]1CO[C@H]2CCN(Cc3ccccn3)C[C@H]2C1)N1CCCCO1. The minimum Gasteiger partial charge on any atom is -0.475 e. The average molecular weight is 459 g/mol. The van der Waals surface area contributed by atoms with Crippen LogP contribution in [-0.4, -0.2) is 77.1 Å². The molecule has 1 amide bonds. The van der Waals surface area contributed by atoms with Gasteiger partial charge in [0.05, 0.1) is 30.9 Å². The Hall–Kier alpha value is -2.24. The lowest BCUT2D eigenvalue weighted by molar-refractivity contribution is -0.208. The number of aromatic nitrogens is 1. The van der Waals surface area contributed by atoms with Crippen LogP contribution >= 0.6 is 0 Å². The van der Waals surface area contributed by atoms with Crippen molar-refractivity contribution in [2.45, 2.75) is 44.5 Å². The van der Waals surface area contributed by atoms with Crippen LogP contribution in [0, 0.1) is 11.8 Å². The Morgan fingerprint density at radius 1 is 1.22 bits per heavy atom. The average Bonchev–Trinajstić information content (AvgIpc) is 2.79. The molecule has 0 unspecified atom stereocenters. The van der Waals surface area contributed by atoms with E-state index in [9.17, 15) is 18.0 Å². The van der Waals surface area contributed by atoms with Crippen LogP contribution < -0.4 is 0 Å². The molecule has 1 aromatic heterocycles. The lowest BCUT2D eigenvalue weighted by Gasteiger charge is -2.43. The molecule has 11 heteroatoms. The molecular weight excluding hydrogens is 431 g/mol. The number of carbonyl (C=O) groups is 2. The number of fused-ring (bicyclic) bond motifs is 1. The lowest BCUT2D eigenvalue weighted by atomic mass is 9.83. The second-order valence-electron chi connectivity index (χ2n) is 8.19. The van der Waals surface area contributed by atoms with Crippen LogP contribution in [-0.2, 0) is 25.7 Å². The van der Waals surface area contributed by atoms with E-state index in [4.69, 9.17) is 19.5 Å². The Bertz CT molecular complexity index is 759. The summed E-state index contributed by atoms with van der Waals surface area (Å²) in [4.78, 5) is 34.0. The number of hydrogen-bond donors (Lipinski definition) is 1. The number of pyridine rings is 1. The molecule has 0 saturated carbocycles. The van der Waals surface area contributed by atoms with E-state index in [0.29, 0.717) is 25.2 Å². The number of amides is 1. The van der Waals surface area contributed by atoms with Gasteiger partial charge in [-0.25, -0.2) is 9.86 Å². The van der Waals surface area contributed by atoms with Gasteiger partial charge in [-0.2, -0.15) is 13.2 Å². The molecule has 1 N–H and O–H groups in total. The highest BCUT2D eigenvalue weighted by Gasteiger charge is 2.40. The van der Waals surface area contributed by atoms with Gasteiger partial charge in [-0.1, -0.05) is 6.07 Å². The fourth-order valence-corrected chi connectivity index (χ4v) is 4.22. The molecule has 0 radical (unpaired) electrons. The van der Waals surface area contributed by atoms with Gasteiger partial charge in [0.1, 0.15) is 0 Å². The van der Waals surface area contributed by atoms with Crippen LogP contribution in [0.3, 0.4) is 0 Å². The maximum Gasteiger partial charge on any atom is 0.490 e. The molecule has 1 aromatic rings. The molecule has 3 aliphatic heterocycles. The maximum absolute atomic E-state index is 12.7. The molecular formula is C21H28F3N3O5. The van der Waals surface area contributed by atoms with Gasteiger partial charge in [0.2, 0.25) is 0 Å². The Balaban J connectivity index is 0.000000360. The van der Waals surface area contributed by atoms with Crippen LogP contribution in [0.25, 0.3) is 0 Å². The number of alkyl halides is 3. The molecule has 4 rings (SSSR count). The third kappa shape index (κ3) is 6.88. The predicted molar refractivity (Wildman–Crippen MR) is 106 cm³/mol. The number of carbonyl (C=O) groups excluding carboxylic acids is 1. The molecule has 3 aliphatic rings. The topological polar surface area (TPSA) is 92.2 Å². The summed E-state index contributed by atoms with van der Waals surface area (Å²) >= 11 is 0. The molecule has 3 fully saturated rings. The monoisotopic (exact) mass is 459 g/mol. The van der Waals surface area contributed by atoms with Crippen molar-refractivity contribution in [3.63, 3.8) is 0 Å². The summed E-state index contributed by atoms with van der Waals surface area (Å²) in [6.07, 6.45) is 1.08. The van der Waals surface area contributed by atoms with E-state index in [1.807, 2.05) is 18.3 Å². The first kappa shape index (κ1) is 24.4. The van der Waals surface area contributed by atoms with Crippen molar-refractivity contribution in [3.8, 4) is 0 Å². The highest BCUT2D eigenvalue weighted by molar-refractivity contribution is 5.78. The maximum atomic E-state index is 12.7. The molecule has 0 aliphatic carbocycles. The molecule has 0 spiro atoms. The van der Waals surface area contributed by atoms with Gasteiger partial charge in [-0.05, 0) is 43.7 Å². The predicted octanol–water partition coefficient (Wildman–Crippen LogP) is 2.50. The zero-order valence-electron chi connectivity index (χ0n) is 17.7. The van der Waals surface area contributed by atoms with E-state index in [-0.39, 0.29) is 11.8 Å². The van der Waals surface area contributed by atoms with E-state index < -0.39 is 12.1 Å². The van der Waals surface area contributed by atoms with Crippen molar-refractivity contribution in [2.75, 3.05) is 32.8 Å². The first-order valence-corrected chi connectivity index (χ1v) is 10.7. The molecule has 8 nitrogen and oxygen atoms in total. The fourth-order valence-electron chi connectivity index (χ4n) is 4.22. The minimum absolute atomic E-state index is 0.0610. The molecule has 4 heterocycles. The number of likely N-dealkylation sites (tertiary alicyclic amines) is 1. The number of carboxylic acid groups (broad SMARTS) is 1. The minimum atomic E-state index is -5.08. The van der Waals surface area contributed by atoms with Gasteiger partial charge in [0.15, 0.2) is 0 Å². The smallest absolute Gasteiger partial charge is 0.475 e. The van der Waals surface area contributed by atoms with Crippen LogP contribution in [0.4, 0.5) is 13.2 Å². The Morgan fingerprint density at radius 2 is 2.00 bits per heavy atom. The van der Waals surface area contributed by atoms with Gasteiger partial charge < -0.3 is 9.84 Å². The number of nitrogens with zero attached hydrogens (tertiary/aromatic N) is 3. The third-order valence-corrected chi connectivity index (χ3v) is 5.80. The summed E-state index contributed by atoms with van der Waals surface area (Å²) in [6, 6.07) is 6.05. The number of hydroxylamine groups is 2. The summed E-state index contributed by atoms with van der Waals surface area (Å²) in [7, 11) is 0. The van der Waals surface area contributed by atoms with Crippen molar-refractivity contribution in [1.29, 1.82) is 0 Å². The van der Waals surface area contributed by atoms with Crippen molar-refractivity contribution in [1.82, 2.24) is 14.9 Å². The number of ether oxygens (including phenoxy) is 1. The van der Waals surface area contributed by atoms with Crippen LogP contribution in [0.2, 0.25) is 0 Å². The molecule has 0 aromatic carbocycles. The van der Waals surface area contributed by atoms with Crippen LogP contribution in [0.15, 0.2) is 24.4 Å². The van der Waals surface area contributed by atoms with Gasteiger partial charge in [0, 0.05) is 32.4 Å². The third-order valence-electron chi connectivity index (χ3n) is 5.80. The number of aliphatic carboxylic acids is 1. The normalized spacial score (nSPS) is 26.5. The number of rotatable bonds is 3. The van der Waals surface area contributed by atoms with E-state index in [1.165, 1.54) is 0 Å². The Kier molecular flexibility index (Phi) is 8.44. The number of carboxylic acids is 1. The Labute approximate surface area is 184 Å². The Morgan fingerprint density at radius 3 is 2.62 bits per heavy atom. The summed E-state index contributed by atoms with van der Waals surface area (Å²) in [5.41, 5.74) is 1.10. The summed E-state index contributed by atoms with van der Waals surface area (Å²) in [5.74, 6) is -2.29. The summed E-state index contributed by atoms with van der Waals surface area (Å²) in [5, 5.41) is 8.70. The summed E-state index contributed by atoms with van der Waals surface area (Å²) < 4.78 is 37.8. The zero-order valence-corrected chi connectivity index (χ0v) is 17.7. The summed E-state index contributed by atoms with van der Waals surface area (Å²) in [6.45, 7) is 4.80. The molecule has 0 bridgehead atoms. The standard InChI is InChI=1S/C19H27N3O3.C2HF3O2/c23-19(22-8-3-4-10-25-22)16-11-15-12-21(9-6-18(15)24-14-16)13-17-5-1-2-7-20-17;3-2(4,5)1(6)7/h1-2,5,7,15-16,18H,3-4,6,8-14H2;(H,6,7)/t15-,16-,18+;/m1./s1. The van der Waals surface area contributed by atoms with E-state index in [0.717, 1.165) is 57.6 Å². The van der Waals surface area contributed by atoms with Gasteiger partial charge >= 0.3 is 12.1 Å². The largest absolute Gasteiger partial charge is 0.490 e. The quantitative estimate of drug-likeness (QED) is 0.743. The second-order valence-corrected chi connectivity index (χ2v) is 8.19. The number of piperidine rings is 1. The van der Waals surface area contributed by atoms with E-state index in [2.05, 4.69) is 16.0 Å². The first-order valence-electron chi connectivity index (χ1n) is 10.7.